The van der Waals surface area contributed by atoms with E-state index in [-0.39, 0.29) is 12.8 Å². The van der Waals surface area contributed by atoms with Crippen LogP contribution in [0.3, 0.4) is 0 Å². The lowest BCUT2D eigenvalue weighted by atomic mass is 10.1. The molecule has 0 heterocycles. The second-order valence-corrected chi connectivity index (χ2v) is 4.87. The maximum absolute atomic E-state index is 10.9. The number of unbranched alkanes of at least 4 members (excludes halogenated alkanes) is 6. The number of carbonyl (C=O) groups excluding carboxylic acids is 1. The van der Waals surface area contributed by atoms with Gasteiger partial charge in [0.15, 0.2) is 6.10 Å². The summed E-state index contributed by atoms with van der Waals surface area (Å²) in [7, 11) is 0. The Labute approximate surface area is 121 Å². The van der Waals surface area contributed by atoms with E-state index < -0.39 is 18.0 Å². The Balaban J connectivity index is 3.89. The van der Waals surface area contributed by atoms with E-state index in [4.69, 9.17) is 9.84 Å². The first-order chi connectivity index (χ1) is 9.56. The van der Waals surface area contributed by atoms with Crippen LogP contribution in [-0.2, 0) is 14.3 Å². The first kappa shape index (κ1) is 18.5. The van der Waals surface area contributed by atoms with Crippen LogP contribution in [0.1, 0.15) is 71.6 Å². The molecule has 4 heteroatoms. The maximum Gasteiger partial charge on any atom is 0.303 e. The fourth-order valence-corrected chi connectivity index (χ4v) is 1.80. The van der Waals surface area contributed by atoms with Gasteiger partial charge in [0.2, 0.25) is 0 Å². The lowest BCUT2D eigenvalue weighted by Gasteiger charge is -2.09. The van der Waals surface area contributed by atoms with E-state index in [1.807, 2.05) is 0 Å². The molecule has 0 rings (SSSR count). The molecule has 20 heavy (non-hydrogen) atoms. The third-order valence-electron chi connectivity index (χ3n) is 2.85. The van der Waals surface area contributed by atoms with Gasteiger partial charge in [-0.2, -0.15) is 0 Å². The lowest BCUT2D eigenvalue weighted by molar-refractivity contribution is -0.146. The molecule has 1 atom stereocenters. The van der Waals surface area contributed by atoms with E-state index in [0.29, 0.717) is 0 Å². The van der Waals surface area contributed by atoms with E-state index in [1.54, 1.807) is 0 Å². The van der Waals surface area contributed by atoms with Crippen LogP contribution in [0.2, 0.25) is 0 Å². The molecule has 0 bridgehead atoms. The molecule has 0 aliphatic carbocycles. The minimum Gasteiger partial charge on any atom is -0.481 e. The molecule has 0 aromatic carbocycles. The highest BCUT2D eigenvalue weighted by Crippen LogP contribution is 2.07. The number of carboxylic acid groups (broad SMARTS) is 1. The summed E-state index contributed by atoms with van der Waals surface area (Å²) >= 11 is 0. The zero-order valence-corrected chi connectivity index (χ0v) is 12.6. The summed E-state index contributed by atoms with van der Waals surface area (Å²) in [5, 5.41) is 8.62. The Kier molecular flexibility index (Phi) is 11.6. The number of carboxylic acids is 1. The molecular weight excluding hydrogens is 256 g/mol. The minimum absolute atomic E-state index is 0.0381. The van der Waals surface area contributed by atoms with Crippen LogP contribution in [0.5, 0.6) is 0 Å². The van der Waals surface area contributed by atoms with Crippen LogP contribution in [0.25, 0.3) is 0 Å². The number of aliphatic carboxylic acids is 1. The van der Waals surface area contributed by atoms with E-state index in [9.17, 15) is 9.59 Å². The molecule has 0 unspecified atom stereocenters. The van der Waals surface area contributed by atoms with Crippen molar-refractivity contribution in [1.82, 2.24) is 0 Å². The highest BCUT2D eigenvalue weighted by molar-refractivity contribution is 5.68. The largest absolute Gasteiger partial charge is 0.481 e. The van der Waals surface area contributed by atoms with Crippen molar-refractivity contribution in [3.05, 3.63) is 0 Å². The lowest BCUT2D eigenvalue weighted by Crippen LogP contribution is -2.15. The monoisotopic (exact) mass is 282 g/mol. The van der Waals surface area contributed by atoms with Gasteiger partial charge in [0, 0.05) is 26.2 Å². The van der Waals surface area contributed by atoms with E-state index >= 15 is 0 Å². The summed E-state index contributed by atoms with van der Waals surface area (Å²) in [5.74, 6) is 4.51. The van der Waals surface area contributed by atoms with E-state index in [2.05, 4.69) is 18.8 Å². The topological polar surface area (TPSA) is 63.6 Å². The fraction of sp³-hybridized carbons (Fsp3) is 0.750. The van der Waals surface area contributed by atoms with Crippen LogP contribution < -0.4 is 0 Å². The first-order valence-corrected chi connectivity index (χ1v) is 7.43. The van der Waals surface area contributed by atoms with Gasteiger partial charge in [-0.1, -0.05) is 50.9 Å². The Morgan fingerprint density at radius 1 is 1.15 bits per heavy atom. The van der Waals surface area contributed by atoms with Crippen LogP contribution in [0.4, 0.5) is 0 Å². The average Bonchev–Trinajstić information content (AvgIpc) is 2.38. The van der Waals surface area contributed by atoms with Crippen LogP contribution in [-0.4, -0.2) is 23.1 Å². The molecule has 4 nitrogen and oxygen atoms in total. The SMILES string of the molecule is CCCCCCCCC#C[C@@H](CCC(=O)O)OC(C)=O. The second-order valence-electron chi connectivity index (χ2n) is 4.87. The van der Waals surface area contributed by atoms with Gasteiger partial charge in [0.25, 0.3) is 0 Å². The summed E-state index contributed by atoms with van der Waals surface area (Å²) in [4.78, 5) is 21.4. The number of ether oxygens (including phenoxy) is 1. The number of hydrogen-bond donors (Lipinski definition) is 1. The van der Waals surface area contributed by atoms with Crippen LogP contribution >= 0.6 is 0 Å². The van der Waals surface area contributed by atoms with Gasteiger partial charge in [-0.05, 0) is 6.42 Å². The number of carbonyl (C=O) groups is 2. The maximum atomic E-state index is 10.9. The van der Waals surface area contributed by atoms with Crippen LogP contribution in [0.15, 0.2) is 0 Å². The van der Waals surface area contributed by atoms with Gasteiger partial charge in [-0.15, -0.1) is 0 Å². The summed E-state index contributed by atoms with van der Waals surface area (Å²) < 4.78 is 4.98. The van der Waals surface area contributed by atoms with Crippen molar-refractivity contribution in [2.24, 2.45) is 0 Å². The molecule has 0 fully saturated rings. The number of esters is 1. The van der Waals surface area contributed by atoms with Gasteiger partial charge in [-0.25, -0.2) is 0 Å². The standard InChI is InChI=1S/C16H26O4/c1-3-4-5-6-7-8-9-10-11-15(20-14(2)17)12-13-16(18)19/h15H,3-9,12-13H2,1-2H3,(H,18,19)/t15-/m0/s1. The average molecular weight is 282 g/mol. The predicted octanol–water partition coefficient (Wildman–Crippen LogP) is 3.54. The normalized spacial score (nSPS) is 11.3. The Hall–Kier alpha value is -1.50. The summed E-state index contributed by atoms with van der Waals surface area (Å²) in [6, 6.07) is 0. The molecule has 0 aliphatic rings. The Morgan fingerprint density at radius 2 is 1.80 bits per heavy atom. The van der Waals surface area contributed by atoms with E-state index in [0.717, 1.165) is 12.8 Å². The highest BCUT2D eigenvalue weighted by Gasteiger charge is 2.10. The molecular formula is C16H26O4. The third kappa shape index (κ3) is 12.9. The molecule has 0 radical (unpaired) electrons. The molecule has 0 aromatic rings. The molecule has 1 N–H and O–H groups in total. The Bertz CT molecular complexity index is 338. The second kappa shape index (κ2) is 12.5. The van der Waals surface area contributed by atoms with Crippen molar-refractivity contribution in [2.75, 3.05) is 0 Å². The van der Waals surface area contributed by atoms with Gasteiger partial charge in [0.1, 0.15) is 0 Å². The van der Waals surface area contributed by atoms with Crippen molar-refractivity contribution in [2.45, 2.75) is 77.7 Å². The quantitative estimate of drug-likeness (QED) is 0.378. The summed E-state index contributed by atoms with van der Waals surface area (Å²) in [6.07, 6.45) is 7.65. The molecule has 0 amide bonds. The summed E-state index contributed by atoms with van der Waals surface area (Å²) in [6.45, 7) is 3.50. The molecule has 0 saturated carbocycles. The molecule has 0 aromatic heterocycles. The zero-order chi connectivity index (χ0) is 15.2. The molecule has 0 spiro atoms. The van der Waals surface area contributed by atoms with Crippen LogP contribution in [0, 0.1) is 11.8 Å². The Morgan fingerprint density at radius 3 is 2.40 bits per heavy atom. The molecule has 0 saturated heterocycles. The van der Waals surface area contributed by atoms with Crippen molar-refractivity contribution >= 4 is 11.9 Å². The zero-order valence-electron chi connectivity index (χ0n) is 12.6. The van der Waals surface area contributed by atoms with Gasteiger partial charge in [-0.3, -0.25) is 9.59 Å². The third-order valence-corrected chi connectivity index (χ3v) is 2.85. The smallest absolute Gasteiger partial charge is 0.303 e. The van der Waals surface area contributed by atoms with E-state index in [1.165, 1.54) is 39.0 Å². The van der Waals surface area contributed by atoms with Crippen molar-refractivity contribution < 1.29 is 19.4 Å². The molecule has 0 aliphatic heterocycles. The van der Waals surface area contributed by atoms with Crippen molar-refractivity contribution in [3.63, 3.8) is 0 Å². The molecule has 114 valence electrons. The summed E-state index contributed by atoms with van der Waals surface area (Å²) in [5.41, 5.74) is 0. The van der Waals surface area contributed by atoms with Crippen molar-refractivity contribution in [3.8, 4) is 11.8 Å². The minimum atomic E-state index is -0.903. The van der Waals surface area contributed by atoms with Gasteiger partial charge < -0.3 is 9.84 Å². The predicted molar refractivity (Wildman–Crippen MR) is 78.2 cm³/mol. The fourth-order valence-electron chi connectivity index (χ4n) is 1.80. The number of hydrogen-bond acceptors (Lipinski definition) is 3. The first-order valence-electron chi connectivity index (χ1n) is 7.43. The number of rotatable bonds is 10. The highest BCUT2D eigenvalue weighted by atomic mass is 16.5. The van der Waals surface area contributed by atoms with Crippen molar-refractivity contribution in [1.29, 1.82) is 0 Å². The van der Waals surface area contributed by atoms with Gasteiger partial charge >= 0.3 is 11.9 Å². The van der Waals surface area contributed by atoms with Gasteiger partial charge in [0.05, 0.1) is 0 Å².